The highest BCUT2D eigenvalue weighted by atomic mass is 127. The molecule has 29 heavy (non-hydrogen) atoms. The second kappa shape index (κ2) is 12.6. The van der Waals surface area contributed by atoms with E-state index >= 15 is 0 Å². The van der Waals surface area contributed by atoms with E-state index in [9.17, 15) is 18.0 Å². The normalized spacial score (nSPS) is 15.0. The van der Waals surface area contributed by atoms with Crippen molar-refractivity contribution in [3.8, 4) is 5.75 Å². The van der Waals surface area contributed by atoms with Gasteiger partial charge < -0.3 is 25.0 Å². The topological polar surface area (TPSA) is 75.2 Å². The molecule has 0 spiro atoms. The Bertz CT molecular complexity index is 686. The average molecular weight is 530 g/mol. The van der Waals surface area contributed by atoms with Gasteiger partial charge in [-0.2, -0.15) is 8.78 Å². The van der Waals surface area contributed by atoms with E-state index in [2.05, 4.69) is 20.4 Å². The first-order chi connectivity index (χ1) is 13.4. The average Bonchev–Trinajstić information content (AvgIpc) is 2.66. The van der Waals surface area contributed by atoms with Gasteiger partial charge in [0.1, 0.15) is 11.6 Å². The van der Waals surface area contributed by atoms with Crippen molar-refractivity contribution in [3.05, 3.63) is 29.6 Å². The number of ether oxygens (including phenoxy) is 2. The molecule has 164 valence electrons. The maximum atomic E-state index is 14.0. The SMILES string of the molecule is CCOC(=O)N1CCC(NC(=NC)NCc2c(F)cccc2OC(F)F)CC1.I. The monoisotopic (exact) mass is 530 g/mol. The molecule has 0 radical (unpaired) electrons. The number of benzene rings is 1. The van der Waals surface area contributed by atoms with Gasteiger partial charge in [-0.15, -0.1) is 24.0 Å². The van der Waals surface area contributed by atoms with Crippen molar-refractivity contribution in [1.82, 2.24) is 15.5 Å². The smallest absolute Gasteiger partial charge is 0.409 e. The third-order valence-electron chi connectivity index (χ3n) is 4.31. The number of alkyl halides is 2. The number of halogens is 4. The summed E-state index contributed by atoms with van der Waals surface area (Å²) in [5.74, 6) is -0.467. The number of hydrogen-bond acceptors (Lipinski definition) is 4. The molecule has 1 aromatic carbocycles. The molecule has 2 N–H and O–H groups in total. The molecular weight excluding hydrogens is 504 g/mol. The molecule has 1 aromatic rings. The van der Waals surface area contributed by atoms with Crippen LogP contribution in [0.1, 0.15) is 25.3 Å². The predicted octanol–water partition coefficient (Wildman–Crippen LogP) is 3.33. The lowest BCUT2D eigenvalue weighted by molar-refractivity contribution is -0.0506. The molecule has 0 bridgehead atoms. The van der Waals surface area contributed by atoms with Gasteiger partial charge in [0, 0.05) is 38.3 Å². The van der Waals surface area contributed by atoms with E-state index in [-0.39, 0.29) is 54.0 Å². The van der Waals surface area contributed by atoms with Crippen molar-refractivity contribution in [2.75, 3.05) is 26.7 Å². The Kier molecular flexibility index (Phi) is 10.9. The number of likely N-dealkylation sites (tertiary alicyclic amines) is 1. The fourth-order valence-corrected chi connectivity index (χ4v) is 2.90. The van der Waals surface area contributed by atoms with E-state index in [0.29, 0.717) is 38.5 Å². The fraction of sp³-hybridized carbons (Fsp3) is 0.556. The van der Waals surface area contributed by atoms with E-state index in [1.54, 1.807) is 18.9 Å². The van der Waals surface area contributed by atoms with Crippen molar-refractivity contribution in [3.63, 3.8) is 0 Å². The van der Waals surface area contributed by atoms with Crippen LogP contribution in [0.3, 0.4) is 0 Å². The molecule has 1 fully saturated rings. The second-order valence-corrected chi connectivity index (χ2v) is 6.13. The lowest BCUT2D eigenvalue weighted by atomic mass is 10.1. The minimum absolute atomic E-state index is 0. The Morgan fingerprint density at radius 3 is 2.62 bits per heavy atom. The van der Waals surface area contributed by atoms with Crippen LogP contribution >= 0.6 is 24.0 Å². The van der Waals surface area contributed by atoms with Crippen LogP contribution in [-0.2, 0) is 11.3 Å². The van der Waals surface area contributed by atoms with Gasteiger partial charge in [0.25, 0.3) is 0 Å². The van der Waals surface area contributed by atoms with Crippen LogP contribution in [0.4, 0.5) is 18.0 Å². The number of nitrogens with one attached hydrogen (secondary N) is 2. The number of nitrogens with zero attached hydrogens (tertiary/aromatic N) is 2. The number of hydrogen-bond donors (Lipinski definition) is 2. The zero-order chi connectivity index (χ0) is 20.5. The van der Waals surface area contributed by atoms with Crippen molar-refractivity contribution >= 4 is 36.0 Å². The first-order valence-electron chi connectivity index (χ1n) is 9.05. The maximum Gasteiger partial charge on any atom is 0.409 e. The summed E-state index contributed by atoms with van der Waals surface area (Å²) in [5.41, 5.74) is -0.0112. The summed E-state index contributed by atoms with van der Waals surface area (Å²) in [7, 11) is 1.56. The summed E-state index contributed by atoms with van der Waals surface area (Å²) in [6.07, 6.45) is 1.06. The van der Waals surface area contributed by atoms with Gasteiger partial charge >= 0.3 is 12.7 Å². The minimum Gasteiger partial charge on any atom is -0.450 e. The van der Waals surface area contributed by atoms with Crippen LogP contribution in [0.15, 0.2) is 23.2 Å². The van der Waals surface area contributed by atoms with E-state index < -0.39 is 12.4 Å². The highest BCUT2D eigenvalue weighted by Crippen LogP contribution is 2.23. The molecule has 7 nitrogen and oxygen atoms in total. The Hall–Kier alpha value is -1.92. The third-order valence-corrected chi connectivity index (χ3v) is 4.31. The number of amides is 1. The van der Waals surface area contributed by atoms with E-state index in [1.165, 1.54) is 18.2 Å². The van der Waals surface area contributed by atoms with Gasteiger partial charge in [0.05, 0.1) is 6.61 Å². The first kappa shape index (κ1) is 25.1. The van der Waals surface area contributed by atoms with Crippen molar-refractivity contribution in [2.45, 2.75) is 39.0 Å². The lowest BCUT2D eigenvalue weighted by Crippen LogP contribution is -2.49. The van der Waals surface area contributed by atoms with Crippen LogP contribution in [-0.4, -0.2) is 56.4 Å². The highest BCUT2D eigenvalue weighted by Gasteiger charge is 2.24. The van der Waals surface area contributed by atoms with Gasteiger partial charge in [-0.1, -0.05) is 6.07 Å². The number of piperidine rings is 1. The molecule has 1 aliphatic heterocycles. The van der Waals surface area contributed by atoms with Gasteiger partial charge in [0.15, 0.2) is 5.96 Å². The van der Waals surface area contributed by atoms with Crippen LogP contribution in [0.25, 0.3) is 0 Å². The van der Waals surface area contributed by atoms with Crippen LogP contribution in [0.5, 0.6) is 5.75 Å². The minimum atomic E-state index is -3.04. The summed E-state index contributed by atoms with van der Waals surface area (Å²) in [6, 6.07) is 3.83. The summed E-state index contributed by atoms with van der Waals surface area (Å²) in [5, 5.41) is 6.11. The summed E-state index contributed by atoms with van der Waals surface area (Å²) in [4.78, 5) is 17.5. The number of rotatable bonds is 6. The quantitative estimate of drug-likeness (QED) is 0.336. The van der Waals surface area contributed by atoms with E-state index in [0.717, 1.165) is 0 Å². The van der Waals surface area contributed by atoms with Gasteiger partial charge in [-0.25, -0.2) is 9.18 Å². The molecule has 1 heterocycles. The molecule has 0 unspecified atom stereocenters. The predicted molar refractivity (Wildman–Crippen MR) is 113 cm³/mol. The summed E-state index contributed by atoms with van der Waals surface area (Å²) >= 11 is 0. The molecule has 1 saturated heterocycles. The summed E-state index contributed by atoms with van der Waals surface area (Å²) < 4.78 is 48.4. The van der Waals surface area contributed by atoms with Crippen molar-refractivity contribution < 1.29 is 27.4 Å². The van der Waals surface area contributed by atoms with Crippen molar-refractivity contribution in [2.24, 2.45) is 4.99 Å². The maximum absolute atomic E-state index is 14.0. The number of carbonyl (C=O) groups is 1. The zero-order valence-corrected chi connectivity index (χ0v) is 18.6. The lowest BCUT2D eigenvalue weighted by Gasteiger charge is -2.32. The Labute approximate surface area is 185 Å². The molecule has 0 aliphatic carbocycles. The molecular formula is C18H26F3IN4O3. The van der Waals surface area contributed by atoms with Crippen LogP contribution in [0, 0.1) is 5.82 Å². The fourth-order valence-electron chi connectivity index (χ4n) is 2.90. The second-order valence-electron chi connectivity index (χ2n) is 6.13. The largest absolute Gasteiger partial charge is 0.450 e. The van der Waals surface area contributed by atoms with Crippen molar-refractivity contribution in [1.29, 1.82) is 0 Å². The number of aliphatic imine (C=N–C) groups is 1. The Balaban J connectivity index is 0.00000420. The van der Waals surface area contributed by atoms with Crippen LogP contribution < -0.4 is 15.4 Å². The Morgan fingerprint density at radius 2 is 2.03 bits per heavy atom. The zero-order valence-electron chi connectivity index (χ0n) is 16.3. The van der Waals surface area contributed by atoms with Gasteiger partial charge in [-0.3, -0.25) is 4.99 Å². The number of guanidine groups is 1. The number of carbonyl (C=O) groups excluding carboxylic acids is 1. The molecule has 0 saturated carbocycles. The molecule has 0 aromatic heterocycles. The van der Waals surface area contributed by atoms with E-state index in [1.807, 2.05) is 0 Å². The van der Waals surface area contributed by atoms with Gasteiger partial charge in [-0.05, 0) is 31.9 Å². The highest BCUT2D eigenvalue weighted by molar-refractivity contribution is 14.0. The van der Waals surface area contributed by atoms with E-state index in [4.69, 9.17) is 4.74 Å². The third kappa shape index (κ3) is 7.78. The summed E-state index contributed by atoms with van der Waals surface area (Å²) in [6.45, 7) is 0.0783. The molecule has 2 rings (SSSR count). The van der Waals surface area contributed by atoms with Gasteiger partial charge in [0.2, 0.25) is 0 Å². The molecule has 11 heteroatoms. The molecule has 1 aliphatic rings. The Morgan fingerprint density at radius 1 is 1.34 bits per heavy atom. The molecule has 0 atom stereocenters. The van der Waals surface area contributed by atoms with Crippen LogP contribution in [0.2, 0.25) is 0 Å². The first-order valence-corrected chi connectivity index (χ1v) is 9.05. The molecule has 1 amide bonds. The standard InChI is InChI=1S/C18H25F3N4O3.HI/c1-3-27-18(26)25-9-7-12(8-10-25)24-17(22-2)23-11-13-14(19)5-4-6-15(13)28-16(20)21;/h4-6,12,16H,3,7-11H2,1-2H3,(H2,22,23,24);1H.